The predicted octanol–water partition coefficient (Wildman–Crippen LogP) is 0.984. The van der Waals surface area contributed by atoms with Crippen molar-refractivity contribution in [2.45, 2.75) is 18.6 Å². The summed E-state index contributed by atoms with van der Waals surface area (Å²) in [5, 5.41) is 31.1. The number of aromatic nitrogens is 4. The lowest BCUT2D eigenvalue weighted by atomic mass is 9.94. The Morgan fingerprint density at radius 2 is 2.17 bits per heavy atom. The van der Waals surface area contributed by atoms with Gasteiger partial charge in [0, 0.05) is 30.2 Å². The number of nitrogens with two attached hydrogens (primary N) is 1. The number of aliphatic hydroxyl groups excluding tert-OH is 1. The summed E-state index contributed by atoms with van der Waals surface area (Å²) in [6.07, 6.45) is 2.74. The number of ether oxygens (including phenoxy) is 1. The van der Waals surface area contributed by atoms with Crippen molar-refractivity contribution in [1.29, 1.82) is 5.26 Å². The first kappa shape index (κ1) is 23.0. The number of nitrogen functional groups attached to an aromatic ring is 1. The number of benzene rings is 1. The molecule has 0 radical (unpaired) electrons. The number of hydrogen-bond acceptors (Lipinski definition) is 10. The van der Waals surface area contributed by atoms with Crippen molar-refractivity contribution in [3.05, 3.63) is 54.5 Å². The summed E-state index contributed by atoms with van der Waals surface area (Å²) in [7, 11) is 0. The number of fused-ring (bicyclic) bond motifs is 1. The Morgan fingerprint density at radius 1 is 1.33 bits per heavy atom. The first-order valence-electron chi connectivity index (χ1n) is 10.8. The van der Waals surface area contributed by atoms with E-state index in [4.69, 9.17) is 20.3 Å². The van der Waals surface area contributed by atoms with Crippen molar-refractivity contribution in [3.8, 4) is 11.8 Å². The molecule has 1 saturated heterocycles. The molecule has 0 aliphatic carbocycles. The molecular weight excluding hydrogens is 468 g/mol. The Bertz CT molecular complexity index is 1520. The van der Waals surface area contributed by atoms with Crippen molar-refractivity contribution >= 4 is 40.1 Å². The molecule has 4 heterocycles. The molecule has 4 aromatic rings. The number of morpholine rings is 1. The van der Waals surface area contributed by atoms with Crippen LogP contribution in [0.25, 0.3) is 16.7 Å². The second-order valence-electron chi connectivity index (χ2n) is 8.24. The number of pyridine rings is 1. The minimum atomic E-state index is -1.87. The Morgan fingerprint density at radius 3 is 2.97 bits per heavy atom. The Hall–Kier alpha value is -4.80. The van der Waals surface area contributed by atoms with E-state index in [2.05, 4.69) is 20.6 Å². The van der Waals surface area contributed by atoms with Gasteiger partial charge in [-0.2, -0.15) is 5.26 Å². The molecule has 36 heavy (non-hydrogen) atoms. The third-order valence-corrected chi connectivity index (χ3v) is 5.89. The normalized spacial score (nSPS) is 18.7. The standard InChI is InChI=1S/C23H20N8O5/c1-23(19(32)21(33)27-14-2-3-16-17(9-14)36-29-20(16)25)22(34)30(6-7-35-23)18-4-5-31(28-18)15-8-13(10-24)11-26-12-15/h2-5,8-9,11-12,19,32H,6-7H2,1H3,(H2,25,29)(H,27,33). The van der Waals surface area contributed by atoms with Gasteiger partial charge in [-0.05, 0) is 25.1 Å². The van der Waals surface area contributed by atoms with Crippen LogP contribution >= 0.6 is 0 Å². The largest absolute Gasteiger partial charge is 0.380 e. The molecule has 2 unspecified atom stereocenters. The van der Waals surface area contributed by atoms with Gasteiger partial charge in [0.25, 0.3) is 11.8 Å². The molecule has 0 spiro atoms. The van der Waals surface area contributed by atoms with E-state index in [9.17, 15) is 14.7 Å². The smallest absolute Gasteiger partial charge is 0.263 e. The molecule has 3 aromatic heterocycles. The highest BCUT2D eigenvalue weighted by molar-refractivity contribution is 6.06. The maximum absolute atomic E-state index is 13.4. The molecule has 2 atom stereocenters. The molecule has 1 fully saturated rings. The highest BCUT2D eigenvalue weighted by Gasteiger charge is 2.51. The van der Waals surface area contributed by atoms with Crippen LogP contribution in [0.15, 0.2) is 53.4 Å². The lowest BCUT2D eigenvalue weighted by Gasteiger charge is -2.40. The third-order valence-electron chi connectivity index (χ3n) is 5.89. The van der Waals surface area contributed by atoms with Crippen molar-refractivity contribution in [2.75, 3.05) is 29.1 Å². The third kappa shape index (κ3) is 3.90. The summed E-state index contributed by atoms with van der Waals surface area (Å²) < 4.78 is 12.2. The summed E-state index contributed by atoms with van der Waals surface area (Å²) in [5.74, 6) is -0.973. The Kier molecular flexibility index (Phi) is 5.59. The molecular formula is C23H20N8O5. The highest BCUT2D eigenvalue weighted by Crippen LogP contribution is 2.29. The van der Waals surface area contributed by atoms with Gasteiger partial charge in [-0.1, -0.05) is 5.16 Å². The average Bonchev–Trinajstić information content (AvgIpc) is 3.52. The van der Waals surface area contributed by atoms with Crippen LogP contribution in [0.1, 0.15) is 12.5 Å². The molecule has 13 heteroatoms. The van der Waals surface area contributed by atoms with E-state index >= 15 is 0 Å². The average molecular weight is 488 g/mol. The van der Waals surface area contributed by atoms with E-state index in [1.165, 1.54) is 35.0 Å². The SMILES string of the molecule is CC1(C(O)C(=O)Nc2ccc3c(N)noc3c2)OCCN(c2ccn(-c3cncc(C#N)c3)n2)C1=O. The molecule has 4 N–H and O–H groups in total. The molecule has 0 bridgehead atoms. The molecule has 1 aliphatic rings. The summed E-state index contributed by atoms with van der Waals surface area (Å²) in [5.41, 5.74) is 5.40. The number of carbonyl (C=O) groups excluding carboxylic acids is 2. The lowest BCUT2D eigenvalue weighted by Crippen LogP contribution is -2.63. The molecule has 1 aromatic carbocycles. The fraction of sp³-hybridized carbons (Fsp3) is 0.217. The summed E-state index contributed by atoms with van der Waals surface area (Å²) in [6, 6.07) is 9.91. The zero-order valence-electron chi connectivity index (χ0n) is 19.0. The summed E-state index contributed by atoms with van der Waals surface area (Å²) in [4.78, 5) is 31.6. The van der Waals surface area contributed by atoms with Crippen molar-refractivity contribution < 1.29 is 24.0 Å². The maximum atomic E-state index is 13.4. The minimum absolute atomic E-state index is 0.0637. The highest BCUT2D eigenvalue weighted by atomic mass is 16.5. The van der Waals surface area contributed by atoms with Gasteiger partial charge in [0.2, 0.25) is 0 Å². The topological polar surface area (TPSA) is 185 Å². The van der Waals surface area contributed by atoms with E-state index in [1.807, 2.05) is 6.07 Å². The Labute approximate surface area is 203 Å². The number of anilines is 3. The van der Waals surface area contributed by atoms with E-state index in [-0.39, 0.29) is 24.8 Å². The van der Waals surface area contributed by atoms with Gasteiger partial charge in [-0.25, -0.2) is 4.68 Å². The quantitative estimate of drug-likeness (QED) is 0.366. The van der Waals surface area contributed by atoms with Gasteiger partial charge in [-0.15, -0.1) is 5.10 Å². The van der Waals surface area contributed by atoms with Crippen LogP contribution in [-0.4, -0.2) is 61.7 Å². The number of aliphatic hydroxyl groups is 1. The molecule has 2 amide bonds. The predicted molar refractivity (Wildman–Crippen MR) is 126 cm³/mol. The van der Waals surface area contributed by atoms with E-state index < -0.39 is 23.5 Å². The van der Waals surface area contributed by atoms with Gasteiger partial charge in [0.1, 0.15) is 6.07 Å². The van der Waals surface area contributed by atoms with Crippen LogP contribution in [0.2, 0.25) is 0 Å². The van der Waals surface area contributed by atoms with Crippen LogP contribution in [0.5, 0.6) is 0 Å². The van der Waals surface area contributed by atoms with E-state index in [0.29, 0.717) is 27.9 Å². The van der Waals surface area contributed by atoms with Gasteiger partial charge < -0.3 is 25.4 Å². The Balaban J connectivity index is 1.34. The van der Waals surface area contributed by atoms with Crippen LogP contribution in [0.4, 0.5) is 17.3 Å². The van der Waals surface area contributed by atoms with Gasteiger partial charge in [0.05, 0.1) is 36.0 Å². The van der Waals surface area contributed by atoms with E-state index in [1.54, 1.807) is 30.5 Å². The second-order valence-corrected chi connectivity index (χ2v) is 8.24. The van der Waals surface area contributed by atoms with Crippen molar-refractivity contribution in [3.63, 3.8) is 0 Å². The number of rotatable bonds is 5. The first-order valence-corrected chi connectivity index (χ1v) is 10.8. The number of hydrogen-bond donors (Lipinski definition) is 3. The van der Waals surface area contributed by atoms with Crippen molar-refractivity contribution in [1.82, 2.24) is 19.9 Å². The molecule has 5 rings (SSSR count). The molecule has 13 nitrogen and oxygen atoms in total. The maximum Gasteiger partial charge on any atom is 0.263 e. The van der Waals surface area contributed by atoms with E-state index in [0.717, 1.165) is 0 Å². The number of amides is 2. The second kappa shape index (κ2) is 8.77. The zero-order chi connectivity index (χ0) is 25.4. The minimum Gasteiger partial charge on any atom is -0.380 e. The van der Waals surface area contributed by atoms with Gasteiger partial charge in [0.15, 0.2) is 28.9 Å². The summed E-state index contributed by atoms with van der Waals surface area (Å²) in [6.45, 7) is 1.58. The van der Waals surface area contributed by atoms with Crippen LogP contribution in [-0.2, 0) is 14.3 Å². The number of nitrogens with zero attached hydrogens (tertiary/aromatic N) is 6. The van der Waals surface area contributed by atoms with Crippen LogP contribution < -0.4 is 16.0 Å². The zero-order valence-corrected chi connectivity index (χ0v) is 19.0. The number of carbonyl (C=O) groups is 2. The fourth-order valence-corrected chi connectivity index (χ4v) is 3.91. The number of nitrogens with one attached hydrogen (secondary N) is 1. The lowest BCUT2D eigenvalue weighted by molar-refractivity contribution is -0.170. The molecule has 0 saturated carbocycles. The molecule has 1 aliphatic heterocycles. The fourth-order valence-electron chi connectivity index (χ4n) is 3.91. The monoisotopic (exact) mass is 488 g/mol. The first-order chi connectivity index (χ1) is 17.3. The summed E-state index contributed by atoms with van der Waals surface area (Å²) >= 11 is 0. The van der Waals surface area contributed by atoms with Crippen molar-refractivity contribution in [2.24, 2.45) is 0 Å². The van der Waals surface area contributed by atoms with Crippen LogP contribution in [0.3, 0.4) is 0 Å². The molecule has 182 valence electrons. The van der Waals surface area contributed by atoms with Gasteiger partial charge >= 0.3 is 0 Å². The van der Waals surface area contributed by atoms with Gasteiger partial charge in [-0.3, -0.25) is 19.5 Å². The number of nitriles is 1. The van der Waals surface area contributed by atoms with Crippen LogP contribution in [0, 0.1) is 11.3 Å².